The maximum Gasteiger partial charge on any atom is 0.225 e. The third kappa shape index (κ3) is 3.86. The molecule has 0 aliphatic rings. The molecule has 0 aliphatic carbocycles. The van der Waals surface area contributed by atoms with Crippen LogP contribution in [0.25, 0.3) is 16.7 Å². The molecule has 6 heteroatoms. The molecule has 2 heterocycles. The number of nitrogens with one attached hydrogen (secondary N) is 1. The smallest absolute Gasteiger partial charge is 0.225 e. The third-order valence-corrected chi connectivity index (χ3v) is 4.57. The molecule has 0 spiro atoms. The predicted molar refractivity (Wildman–Crippen MR) is 109 cm³/mol. The van der Waals surface area contributed by atoms with Crippen molar-refractivity contribution in [2.45, 2.75) is 12.8 Å². The van der Waals surface area contributed by atoms with Gasteiger partial charge in [-0.3, -0.25) is 4.79 Å². The van der Waals surface area contributed by atoms with Crippen molar-refractivity contribution < 1.29 is 9.53 Å². The zero-order valence-electron chi connectivity index (χ0n) is 15.5. The number of amides is 1. The molecule has 1 amide bonds. The quantitative estimate of drug-likeness (QED) is 0.555. The molecule has 6 nitrogen and oxygen atoms in total. The number of aryl methyl sites for hydroxylation is 1. The summed E-state index contributed by atoms with van der Waals surface area (Å²) in [7, 11) is 1.63. The van der Waals surface area contributed by atoms with Crippen LogP contribution in [0.15, 0.2) is 73.2 Å². The first kappa shape index (κ1) is 17.7. The van der Waals surface area contributed by atoms with Gasteiger partial charge in [0.05, 0.1) is 12.6 Å². The van der Waals surface area contributed by atoms with Crippen molar-refractivity contribution in [1.29, 1.82) is 0 Å². The number of carbonyl (C=O) groups excluding carboxylic acids is 1. The van der Waals surface area contributed by atoms with E-state index in [2.05, 4.69) is 21.4 Å². The van der Waals surface area contributed by atoms with Crippen LogP contribution in [-0.4, -0.2) is 27.6 Å². The highest BCUT2D eigenvalue weighted by Gasteiger charge is 2.08. The van der Waals surface area contributed by atoms with Crippen molar-refractivity contribution in [1.82, 2.24) is 14.5 Å². The van der Waals surface area contributed by atoms with E-state index in [0.29, 0.717) is 24.5 Å². The summed E-state index contributed by atoms with van der Waals surface area (Å²) in [6, 6.07) is 19.6. The van der Waals surface area contributed by atoms with Crippen molar-refractivity contribution in [3.63, 3.8) is 0 Å². The number of aromatic nitrogens is 3. The zero-order chi connectivity index (χ0) is 19.3. The van der Waals surface area contributed by atoms with Gasteiger partial charge >= 0.3 is 0 Å². The molecule has 0 fully saturated rings. The van der Waals surface area contributed by atoms with Gasteiger partial charge in [0.2, 0.25) is 5.91 Å². The summed E-state index contributed by atoms with van der Waals surface area (Å²) in [4.78, 5) is 20.8. The van der Waals surface area contributed by atoms with Crippen LogP contribution >= 0.6 is 0 Å². The highest BCUT2D eigenvalue weighted by Crippen LogP contribution is 2.20. The lowest BCUT2D eigenvalue weighted by molar-refractivity contribution is -0.116. The molecule has 0 atom stereocenters. The number of ether oxygens (including phenoxy) is 1. The van der Waals surface area contributed by atoms with E-state index in [1.807, 2.05) is 59.3 Å². The lowest BCUT2D eigenvalue weighted by Gasteiger charge is -2.08. The molecule has 4 aromatic rings. The Bertz CT molecular complexity index is 1100. The lowest BCUT2D eigenvalue weighted by Crippen LogP contribution is -2.14. The first-order chi connectivity index (χ1) is 13.7. The minimum absolute atomic E-state index is 0.0853. The summed E-state index contributed by atoms with van der Waals surface area (Å²) >= 11 is 0. The van der Waals surface area contributed by atoms with E-state index in [9.17, 15) is 4.79 Å². The van der Waals surface area contributed by atoms with Crippen molar-refractivity contribution >= 4 is 22.6 Å². The topological polar surface area (TPSA) is 69.0 Å². The third-order valence-electron chi connectivity index (χ3n) is 4.57. The fourth-order valence-electron chi connectivity index (χ4n) is 3.09. The standard InChI is InChI=1S/C22H20N4O2/c1-28-18-9-6-16(7-10-18)8-11-22(27)25-20-14-21(24-15-23-20)26-13-12-17-4-2-3-5-19(17)26/h2-7,9-10,12-15H,8,11H2,1H3,(H,23,24,25,27). The first-order valence-electron chi connectivity index (χ1n) is 9.04. The van der Waals surface area contributed by atoms with E-state index in [1.165, 1.54) is 6.33 Å². The van der Waals surface area contributed by atoms with Gasteiger partial charge in [-0.2, -0.15) is 0 Å². The Balaban J connectivity index is 1.43. The molecule has 4 rings (SSSR count). The van der Waals surface area contributed by atoms with Crippen LogP contribution in [0.3, 0.4) is 0 Å². The number of para-hydroxylation sites is 1. The summed E-state index contributed by atoms with van der Waals surface area (Å²) in [5.74, 6) is 1.92. The molecule has 2 aromatic carbocycles. The largest absolute Gasteiger partial charge is 0.497 e. The zero-order valence-corrected chi connectivity index (χ0v) is 15.5. The number of hydrogen-bond donors (Lipinski definition) is 1. The maximum absolute atomic E-state index is 12.3. The molecule has 0 saturated carbocycles. The Morgan fingerprint density at radius 1 is 1.07 bits per heavy atom. The summed E-state index contributed by atoms with van der Waals surface area (Å²) in [5.41, 5.74) is 2.14. The number of carbonyl (C=O) groups is 1. The predicted octanol–water partition coefficient (Wildman–Crippen LogP) is 4.00. The molecule has 0 aliphatic heterocycles. The van der Waals surface area contributed by atoms with E-state index in [4.69, 9.17) is 4.74 Å². The molecule has 28 heavy (non-hydrogen) atoms. The lowest BCUT2D eigenvalue weighted by atomic mass is 10.1. The Hall–Kier alpha value is -3.67. The molecule has 2 aromatic heterocycles. The van der Waals surface area contributed by atoms with Crippen LogP contribution in [0.4, 0.5) is 5.82 Å². The van der Waals surface area contributed by atoms with E-state index in [1.54, 1.807) is 13.2 Å². The summed E-state index contributed by atoms with van der Waals surface area (Å²) in [6.45, 7) is 0. The second kappa shape index (κ2) is 7.92. The molecule has 0 radical (unpaired) electrons. The van der Waals surface area contributed by atoms with Crippen molar-refractivity contribution in [3.05, 3.63) is 78.8 Å². The van der Waals surface area contributed by atoms with Gasteiger partial charge in [0.15, 0.2) is 0 Å². The average molecular weight is 372 g/mol. The van der Waals surface area contributed by atoms with Crippen LogP contribution in [0.1, 0.15) is 12.0 Å². The van der Waals surface area contributed by atoms with Crippen molar-refractivity contribution in [3.8, 4) is 11.6 Å². The van der Waals surface area contributed by atoms with Crippen LogP contribution in [0.2, 0.25) is 0 Å². The van der Waals surface area contributed by atoms with Crippen LogP contribution in [0.5, 0.6) is 5.75 Å². The SMILES string of the molecule is COc1ccc(CCC(=O)Nc2cc(-n3ccc4ccccc43)ncn2)cc1. The second-order valence-corrected chi connectivity index (χ2v) is 6.40. The van der Waals surface area contributed by atoms with Gasteiger partial charge in [0.1, 0.15) is 23.7 Å². The highest BCUT2D eigenvalue weighted by molar-refractivity contribution is 5.90. The fraction of sp³-hybridized carbons (Fsp3) is 0.136. The number of anilines is 1. The molecule has 0 bridgehead atoms. The van der Waals surface area contributed by atoms with Crippen LogP contribution < -0.4 is 10.1 Å². The number of rotatable bonds is 6. The van der Waals surface area contributed by atoms with E-state index < -0.39 is 0 Å². The molecule has 1 N–H and O–H groups in total. The molecule has 140 valence electrons. The minimum Gasteiger partial charge on any atom is -0.497 e. The van der Waals surface area contributed by atoms with E-state index in [0.717, 1.165) is 22.2 Å². The molecular weight excluding hydrogens is 352 g/mol. The van der Waals surface area contributed by atoms with Crippen LogP contribution in [-0.2, 0) is 11.2 Å². The number of benzene rings is 2. The van der Waals surface area contributed by atoms with Gasteiger partial charge in [-0.25, -0.2) is 9.97 Å². The Morgan fingerprint density at radius 3 is 2.71 bits per heavy atom. The average Bonchev–Trinajstić information content (AvgIpc) is 3.17. The van der Waals surface area contributed by atoms with Gasteiger partial charge in [0, 0.05) is 18.7 Å². The van der Waals surface area contributed by atoms with E-state index in [-0.39, 0.29) is 5.91 Å². The van der Waals surface area contributed by atoms with Crippen molar-refractivity contribution in [2.75, 3.05) is 12.4 Å². The Labute approximate surface area is 162 Å². The molecular formula is C22H20N4O2. The minimum atomic E-state index is -0.0853. The number of nitrogens with zero attached hydrogens (tertiary/aromatic N) is 3. The fourth-order valence-corrected chi connectivity index (χ4v) is 3.09. The Morgan fingerprint density at radius 2 is 1.89 bits per heavy atom. The van der Waals surface area contributed by atoms with Gasteiger partial charge in [0.25, 0.3) is 0 Å². The van der Waals surface area contributed by atoms with E-state index >= 15 is 0 Å². The second-order valence-electron chi connectivity index (χ2n) is 6.40. The summed E-state index contributed by atoms with van der Waals surface area (Å²) in [5, 5.41) is 3.99. The maximum atomic E-state index is 12.3. The molecule has 0 saturated heterocycles. The van der Waals surface area contributed by atoms with Gasteiger partial charge in [-0.05, 0) is 41.6 Å². The highest BCUT2D eigenvalue weighted by atomic mass is 16.5. The summed E-state index contributed by atoms with van der Waals surface area (Å²) < 4.78 is 7.12. The normalized spacial score (nSPS) is 10.8. The van der Waals surface area contributed by atoms with Gasteiger partial charge < -0.3 is 14.6 Å². The van der Waals surface area contributed by atoms with Gasteiger partial charge in [-0.1, -0.05) is 30.3 Å². The van der Waals surface area contributed by atoms with Crippen LogP contribution in [0, 0.1) is 0 Å². The number of methoxy groups -OCH3 is 1. The summed E-state index contributed by atoms with van der Waals surface area (Å²) in [6.07, 6.45) is 4.44. The first-order valence-corrected chi connectivity index (χ1v) is 9.04. The molecule has 0 unspecified atom stereocenters. The van der Waals surface area contributed by atoms with Crippen molar-refractivity contribution in [2.24, 2.45) is 0 Å². The number of hydrogen-bond acceptors (Lipinski definition) is 4. The Kier molecular flexibility index (Phi) is 5.01. The number of fused-ring (bicyclic) bond motifs is 1. The van der Waals surface area contributed by atoms with Gasteiger partial charge in [-0.15, -0.1) is 0 Å². The monoisotopic (exact) mass is 372 g/mol.